The van der Waals surface area contributed by atoms with Gasteiger partial charge in [0.2, 0.25) is 0 Å². The summed E-state index contributed by atoms with van der Waals surface area (Å²) in [5.74, 6) is -0.510. The van der Waals surface area contributed by atoms with Gasteiger partial charge in [0.25, 0.3) is 0 Å². The van der Waals surface area contributed by atoms with E-state index in [0.29, 0.717) is 10.6 Å². The average Bonchev–Trinajstić information content (AvgIpc) is 2.87. The highest BCUT2D eigenvalue weighted by molar-refractivity contribution is 8.00. The van der Waals surface area contributed by atoms with Gasteiger partial charge in [-0.05, 0) is 30.8 Å². The Balaban J connectivity index is 2.14. The SMILES string of the molecule is CCOC(=O)c1csc(-c2ccc(SC(F)(F)F)cc2)n1. The molecule has 0 unspecified atom stereocenters. The maximum absolute atomic E-state index is 12.2. The fourth-order valence-corrected chi connectivity index (χ4v) is 2.84. The molecule has 0 saturated heterocycles. The molecule has 21 heavy (non-hydrogen) atoms. The molecule has 2 rings (SSSR count). The van der Waals surface area contributed by atoms with E-state index in [9.17, 15) is 18.0 Å². The molecule has 0 bridgehead atoms. The van der Waals surface area contributed by atoms with E-state index in [-0.39, 0.29) is 29.0 Å². The van der Waals surface area contributed by atoms with Crippen molar-refractivity contribution in [2.24, 2.45) is 0 Å². The van der Waals surface area contributed by atoms with E-state index in [4.69, 9.17) is 4.74 Å². The van der Waals surface area contributed by atoms with Gasteiger partial charge in [-0.3, -0.25) is 0 Å². The number of carbonyl (C=O) groups excluding carboxylic acids is 1. The van der Waals surface area contributed by atoms with Crippen molar-refractivity contribution in [3.8, 4) is 10.6 Å². The number of benzene rings is 1. The van der Waals surface area contributed by atoms with Crippen molar-refractivity contribution in [1.29, 1.82) is 0 Å². The smallest absolute Gasteiger partial charge is 0.446 e. The summed E-state index contributed by atoms with van der Waals surface area (Å²) in [6.45, 7) is 1.96. The number of aromatic nitrogens is 1. The van der Waals surface area contributed by atoms with Gasteiger partial charge in [0.05, 0.1) is 6.61 Å². The first kappa shape index (κ1) is 15.8. The molecule has 0 aliphatic rings. The molecule has 0 saturated carbocycles. The summed E-state index contributed by atoms with van der Waals surface area (Å²) < 4.78 is 41.5. The Kier molecular flexibility index (Phi) is 4.89. The molecule has 0 atom stereocenters. The van der Waals surface area contributed by atoms with Gasteiger partial charge in [-0.2, -0.15) is 13.2 Å². The van der Waals surface area contributed by atoms with Crippen LogP contribution in [-0.2, 0) is 4.74 Å². The molecule has 0 fully saturated rings. The van der Waals surface area contributed by atoms with Crippen molar-refractivity contribution in [3.63, 3.8) is 0 Å². The highest BCUT2D eigenvalue weighted by Gasteiger charge is 2.29. The number of carbonyl (C=O) groups is 1. The van der Waals surface area contributed by atoms with E-state index in [1.807, 2.05) is 0 Å². The lowest BCUT2D eigenvalue weighted by molar-refractivity contribution is -0.0328. The second-order valence-electron chi connectivity index (χ2n) is 3.83. The summed E-state index contributed by atoms with van der Waals surface area (Å²) in [6.07, 6.45) is 0. The Morgan fingerprint density at radius 3 is 2.57 bits per heavy atom. The van der Waals surface area contributed by atoms with E-state index in [0.717, 1.165) is 0 Å². The lowest BCUT2D eigenvalue weighted by atomic mass is 10.2. The van der Waals surface area contributed by atoms with Crippen LogP contribution in [0, 0.1) is 0 Å². The molecule has 112 valence electrons. The molecule has 0 radical (unpaired) electrons. The number of alkyl halides is 3. The van der Waals surface area contributed by atoms with Crippen LogP contribution in [0.25, 0.3) is 10.6 Å². The van der Waals surface area contributed by atoms with E-state index in [2.05, 4.69) is 4.98 Å². The zero-order chi connectivity index (χ0) is 15.5. The standard InChI is InChI=1S/C13H10F3NO2S2/c1-2-19-12(18)10-7-20-11(17-10)8-3-5-9(6-4-8)21-13(14,15)16/h3-7H,2H2,1H3. The second kappa shape index (κ2) is 6.48. The van der Waals surface area contributed by atoms with Crippen molar-refractivity contribution in [3.05, 3.63) is 35.3 Å². The van der Waals surface area contributed by atoms with Gasteiger partial charge in [0, 0.05) is 15.8 Å². The molecule has 0 N–H and O–H groups in total. The molecule has 8 heteroatoms. The summed E-state index contributed by atoms with van der Waals surface area (Å²) >= 11 is 1.07. The summed E-state index contributed by atoms with van der Waals surface area (Å²) in [5, 5.41) is 2.12. The molecule has 0 amide bonds. The summed E-state index contributed by atoms with van der Waals surface area (Å²) in [6, 6.07) is 5.83. The molecular formula is C13H10F3NO2S2. The Morgan fingerprint density at radius 1 is 1.33 bits per heavy atom. The van der Waals surface area contributed by atoms with Crippen LogP contribution < -0.4 is 0 Å². The minimum absolute atomic E-state index is 0.105. The molecule has 1 heterocycles. The third kappa shape index (κ3) is 4.47. The molecular weight excluding hydrogens is 323 g/mol. The Morgan fingerprint density at radius 2 is 2.00 bits per heavy atom. The molecule has 3 nitrogen and oxygen atoms in total. The predicted octanol–water partition coefficient (Wildman–Crippen LogP) is 4.60. The lowest BCUT2D eigenvalue weighted by Crippen LogP contribution is -2.04. The second-order valence-corrected chi connectivity index (χ2v) is 5.83. The van der Waals surface area contributed by atoms with Crippen molar-refractivity contribution in [2.45, 2.75) is 17.3 Å². The van der Waals surface area contributed by atoms with Crippen LogP contribution in [0.15, 0.2) is 34.5 Å². The fraction of sp³-hybridized carbons (Fsp3) is 0.231. The van der Waals surface area contributed by atoms with Gasteiger partial charge in [0.15, 0.2) is 5.69 Å². The van der Waals surface area contributed by atoms with Crippen LogP contribution >= 0.6 is 23.1 Å². The van der Waals surface area contributed by atoms with Gasteiger partial charge in [-0.1, -0.05) is 12.1 Å². The van der Waals surface area contributed by atoms with Crippen LogP contribution in [0.3, 0.4) is 0 Å². The third-order valence-corrected chi connectivity index (χ3v) is 3.95. The maximum Gasteiger partial charge on any atom is 0.446 e. The summed E-state index contributed by atoms with van der Waals surface area (Å²) in [5.41, 5.74) is -3.45. The van der Waals surface area contributed by atoms with E-state index < -0.39 is 11.5 Å². The first-order valence-electron chi connectivity index (χ1n) is 5.88. The van der Waals surface area contributed by atoms with Crippen LogP contribution in [0.2, 0.25) is 0 Å². The summed E-state index contributed by atoms with van der Waals surface area (Å²) in [7, 11) is 0. The fourth-order valence-electron chi connectivity index (χ4n) is 1.50. The van der Waals surface area contributed by atoms with Gasteiger partial charge >= 0.3 is 11.5 Å². The van der Waals surface area contributed by atoms with Crippen LogP contribution in [0.5, 0.6) is 0 Å². The Hall–Kier alpha value is -1.54. The third-order valence-electron chi connectivity index (χ3n) is 2.32. The van der Waals surface area contributed by atoms with Gasteiger partial charge in [-0.15, -0.1) is 11.3 Å². The molecule has 0 aliphatic carbocycles. The zero-order valence-corrected chi connectivity index (χ0v) is 12.4. The molecule has 0 aliphatic heterocycles. The van der Waals surface area contributed by atoms with Crippen LogP contribution in [-0.4, -0.2) is 23.1 Å². The van der Waals surface area contributed by atoms with Gasteiger partial charge in [-0.25, -0.2) is 9.78 Å². The van der Waals surface area contributed by atoms with Gasteiger partial charge in [0.1, 0.15) is 5.01 Å². The minimum atomic E-state index is -4.31. The number of halogens is 3. The van der Waals surface area contributed by atoms with E-state index >= 15 is 0 Å². The van der Waals surface area contributed by atoms with E-state index in [1.54, 1.807) is 24.4 Å². The molecule has 1 aromatic heterocycles. The molecule has 1 aromatic carbocycles. The zero-order valence-electron chi connectivity index (χ0n) is 10.8. The quantitative estimate of drug-likeness (QED) is 0.605. The number of thiazole rings is 1. The first-order chi connectivity index (χ1) is 9.89. The number of hydrogen-bond acceptors (Lipinski definition) is 5. The van der Waals surface area contributed by atoms with E-state index in [1.165, 1.54) is 23.5 Å². The highest BCUT2D eigenvalue weighted by atomic mass is 32.2. The monoisotopic (exact) mass is 333 g/mol. The first-order valence-corrected chi connectivity index (χ1v) is 7.57. The Bertz CT molecular complexity index is 623. The largest absolute Gasteiger partial charge is 0.461 e. The van der Waals surface area contributed by atoms with Crippen molar-refractivity contribution in [1.82, 2.24) is 4.98 Å². The number of rotatable bonds is 4. The average molecular weight is 333 g/mol. The molecule has 2 aromatic rings. The van der Waals surface area contributed by atoms with Crippen LogP contribution in [0.1, 0.15) is 17.4 Å². The number of hydrogen-bond donors (Lipinski definition) is 0. The van der Waals surface area contributed by atoms with Crippen molar-refractivity contribution in [2.75, 3.05) is 6.61 Å². The molecule has 0 spiro atoms. The van der Waals surface area contributed by atoms with Crippen molar-refractivity contribution < 1.29 is 22.7 Å². The number of nitrogens with zero attached hydrogens (tertiary/aromatic N) is 1. The number of ether oxygens (including phenoxy) is 1. The number of esters is 1. The van der Waals surface area contributed by atoms with Gasteiger partial charge < -0.3 is 4.74 Å². The lowest BCUT2D eigenvalue weighted by Gasteiger charge is -2.05. The van der Waals surface area contributed by atoms with Crippen molar-refractivity contribution >= 4 is 29.1 Å². The predicted molar refractivity (Wildman–Crippen MR) is 75.4 cm³/mol. The van der Waals surface area contributed by atoms with Crippen LogP contribution in [0.4, 0.5) is 13.2 Å². The Labute approximate surface area is 127 Å². The number of thioether (sulfide) groups is 1. The maximum atomic E-state index is 12.2. The summed E-state index contributed by atoms with van der Waals surface area (Å²) in [4.78, 5) is 15.7. The topological polar surface area (TPSA) is 39.2 Å². The highest BCUT2D eigenvalue weighted by Crippen LogP contribution is 2.37. The normalized spacial score (nSPS) is 11.4. The minimum Gasteiger partial charge on any atom is -0.461 e.